The molecule has 0 aliphatic carbocycles. The van der Waals surface area contributed by atoms with E-state index in [1.54, 1.807) is 24.1 Å². The molecule has 1 aliphatic rings. The Kier molecular flexibility index (Phi) is 3.48. The number of phenols is 1. The van der Waals surface area contributed by atoms with E-state index >= 15 is 0 Å². The summed E-state index contributed by atoms with van der Waals surface area (Å²) in [5, 5.41) is 13.9. The van der Waals surface area contributed by atoms with Crippen LogP contribution in [0.25, 0.3) is 0 Å². The zero-order valence-corrected chi connectivity index (χ0v) is 10.8. The lowest BCUT2D eigenvalue weighted by Crippen LogP contribution is -2.51. The Hall–Kier alpha value is -2.41. The third kappa shape index (κ3) is 2.89. The minimum atomic E-state index is -0.542. The average Bonchev–Trinajstić information content (AvgIpc) is 2.34. The van der Waals surface area contributed by atoms with Gasteiger partial charge in [-0.15, -0.1) is 0 Å². The average molecular weight is 277 g/mol. The summed E-state index contributed by atoms with van der Waals surface area (Å²) in [5.74, 6) is -0.943. The van der Waals surface area contributed by atoms with Gasteiger partial charge >= 0.3 is 0 Å². The van der Waals surface area contributed by atoms with Gasteiger partial charge in [-0.2, -0.15) is 0 Å². The highest BCUT2D eigenvalue weighted by Crippen LogP contribution is 2.18. The second-order valence-electron chi connectivity index (χ2n) is 3.91. The number of carbonyl (C=O) groups excluding carboxylic acids is 2. The predicted molar refractivity (Wildman–Crippen MR) is 73.5 cm³/mol. The molecule has 0 spiro atoms. The fourth-order valence-electron chi connectivity index (χ4n) is 1.55. The molecule has 1 aromatic rings. The van der Waals surface area contributed by atoms with Gasteiger partial charge in [0.15, 0.2) is 5.11 Å². The topological polar surface area (TPSA) is 81.7 Å². The minimum absolute atomic E-state index is 0.000522. The van der Waals surface area contributed by atoms with E-state index in [1.165, 1.54) is 18.3 Å². The minimum Gasteiger partial charge on any atom is -0.508 e. The third-order valence-electron chi connectivity index (χ3n) is 2.52. The quantitative estimate of drug-likeness (QED) is 0.410. The van der Waals surface area contributed by atoms with E-state index in [1.807, 2.05) is 0 Å². The van der Waals surface area contributed by atoms with Gasteiger partial charge in [0.25, 0.3) is 11.8 Å². The summed E-state index contributed by atoms with van der Waals surface area (Å²) in [5.41, 5.74) is 0.684. The van der Waals surface area contributed by atoms with Gasteiger partial charge in [0.1, 0.15) is 11.3 Å². The maximum atomic E-state index is 11.6. The Morgan fingerprint density at radius 1 is 1.16 bits per heavy atom. The summed E-state index contributed by atoms with van der Waals surface area (Å²) >= 11 is 4.70. The van der Waals surface area contributed by atoms with Gasteiger partial charge in [-0.05, 0) is 36.5 Å². The molecule has 19 heavy (non-hydrogen) atoms. The normalized spacial score (nSPS) is 14.8. The molecule has 0 saturated carbocycles. The van der Waals surface area contributed by atoms with Crippen molar-refractivity contribution in [1.82, 2.24) is 10.6 Å². The van der Waals surface area contributed by atoms with Crippen LogP contribution >= 0.6 is 12.2 Å². The van der Waals surface area contributed by atoms with Gasteiger partial charge in [0, 0.05) is 18.9 Å². The number of carbonyl (C=O) groups is 2. The number of nitrogens with zero attached hydrogens (tertiary/aromatic N) is 1. The van der Waals surface area contributed by atoms with Crippen LogP contribution in [0.15, 0.2) is 36.0 Å². The van der Waals surface area contributed by atoms with E-state index in [4.69, 9.17) is 12.2 Å². The molecule has 3 N–H and O–H groups in total. The fourth-order valence-corrected chi connectivity index (χ4v) is 1.73. The Morgan fingerprint density at radius 3 is 2.21 bits per heavy atom. The molecule has 7 heteroatoms. The molecular formula is C12H11N3O3S. The number of amides is 2. The smallest absolute Gasteiger partial charge is 0.264 e. The van der Waals surface area contributed by atoms with Crippen LogP contribution in [-0.4, -0.2) is 29.1 Å². The monoisotopic (exact) mass is 277 g/mol. The van der Waals surface area contributed by atoms with Crippen LogP contribution in [-0.2, 0) is 9.59 Å². The number of benzene rings is 1. The van der Waals surface area contributed by atoms with Crippen LogP contribution in [0.2, 0.25) is 0 Å². The zero-order valence-electron chi connectivity index (χ0n) is 10.0. The highest BCUT2D eigenvalue weighted by molar-refractivity contribution is 7.80. The SMILES string of the molecule is CN(C=C1C(=O)NC(=S)NC1=O)c1ccc(O)cc1. The van der Waals surface area contributed by atoms with Gasteiger partial charge in [-0.25, -0.2) is 0 Å². The van der Waals surface area contributed by atoms with Crippen molar-refractivity contribution < 1.29 is 14.7 Å². The number of anilines is 1. The van der Waals surface area contributed by atoms with Gasteiger partial charge < -0.3 is 10.0 Å². The number of hydrogen-bond donors (Lipinski definition) is 3. The molecular weight excluding hydrogens is 266 g/mol. The van der Waals surface area contributed by atoms with Crippen molar-refractivity contribution in [2.24, 2.45) is 0 Å². The van der Waals surface area contributed by atoms with Crippen LogP contribution in [0.5, 0.6) is 5.75 Å². The summed E-state index contributed by atoms with van der Waals surface area (Å²) in [6.07, 6.45) is 1.40. The van der Waals surface area contributed by atoms with E-state index in [0.29, 0.717) is 0 Å². The molecule has 2 rings (SSSR count). The van der Waals surface area contributed by atoms with E-state index in [9.17, 15) is 14.7 Å². The molecule has 0 unspecified atom stereocenters. The molecule has 0 bridgehead atoms. The number of rotatable bonds is 2. The molecule has 1 aliphatic heterocycles. The number of hydrogen-bond acceptors (Lipinski definition) is 5. The van der Waals surface area contributed by atoms with Crippen LogP contribution in [0, 0.1) is 0 Å². The second-order valence-corrected chi connectivity index (χ2v) is 4.32. The van der Waals surface area contributed by atoms with E-state index in [2.05, 4.69) is 10.6 Å². The molecule has 2 amide bonds. The largest absolute Gasteiger partial charge is 0.508 e. The summed E-state index contributed by atoms with van der Waals surface area (Å²) in [4.78, 5) is 24.9. The van der Waals surface area contributed by atoms with Gasteiger partial charge in [-0.3, -0.25) is 20.2 Å². The van der Waals surface area contributed by atoms with Crippen molar-refractivity contribution in [1.29, 1.82) is 0 Å². The first kappa shape index (κ1) is 13.0. The lowest BCUT2D eigenvalue weighted by Gasteiger charge is -2.20. The van der Waals surface area contributed by atoms with Gasteiger partial charge in [0.2, 0.25) is 0 Å². The van der Waals surface area contributed by atoms with Gasteiger partial charge in [0.05, 0.1) is 0 Å². The first-order valence-electron chi connectivity index (χ1n) is 5.38. The standard InChI is InChI=1S/C12H11N3O3S/c1-15(7-2-4-8(16)5-3-7)6-9-10(17)13-12(19)14-11(9)18/h2-6,16H,1H3,(H2,13,14,17,18,19). The molecule has 1 fully saturated rings. The first-order chi connectivity index (χ1) is 8.97. The van der Waals surface area contributed by atoms with Crippen LogP contribution in [0.4, 0.5) is 5.69 Å². The van der Waals surface area contributed by atoms with Gasteiger partial charge in [-0.1, -0.05) is 0 Å². The fraction of sp³-hybridized carbons (Fsp3) is 0.0833. The van der Waals surface area contributed by atoms with E-state index in [0.717, 1.165) is 5.69 Å². The van der Waals surface area contributed by atoms with Crippen molar-refractivity contribution in [2.75, 3.05) is 11.9 Å². The first-order valence-corrected chi connectivity index (χ1v) is 5.78. The Bertz CT molecular complexity index is 558. The number of aromatic hydroxyl groups is 1. The lowest BCUT2D eigenvalue weighted by atomic mass is 10.2. The Morgan fingerprint density at radius 2 is 1.68 bits per heavy atom. The second kappa shape index (κ2) is 5.07. The number of phenolic OH excluding ortho intramolecular Hbond substituents is 1. The Labute approximate surface area is 114 Å². The highest BCUT2D eigenvalue weighted by Gasteiger charge is 2.26. The number of nitrogens with one attached hydrogen (secondary N) is 2. The molecule has 0 radical (unpaired) electrons. The molecule has 0 aromatic heterocycles. The Balaban J connectivity index is 2.24. The van der Waals surface area contributed by atoms with Crippen molar-refractivity contribution >= 4 is 34.8 Å². The molecule has 98 valence electrons. The van der Waals surface area contributed by atoms with Crippen LogP contribution in [0.3, 0.4) is 0 Å². The molecule has 1 aromatic carbocycles. The van der Waals surface area contributed by atoms with Crippen LogP contribution < -0.4 is 15.5 Å². The molecule has 1 heterocycles. The van der Waals surface area contributed by atoms with Crippen molar-refractivity contribution in [3.63, 3.8) is 0 Å². The summed E-state index contributed by atoms with van der Waals surface area (Å²) in [7, 11) is 1.69. The molecule has 1 saturated heterocycles. The summed E-state index contributed by atoms with van der Waals surface area (Å²) in [6.45, 7) is 0. The predicted octanol–water partition coefficient (Wildman–Crippen LogP) is 0.243. The third-order valence-corrected chi connectivity index (χ3v) is 2.73. The maximum Gasteiger partial charge on any atom is 0.264 e. The van der Waals surface area contributed by atoms with E-state index < -0.39 is 11.8 Å². The summed E-state index contributed by atoms with van der Waals surface area (Å²) < 4.78 is 0. The van der Waals surface area contributed by atoms with Crippen molar-refractivity contribution in [3.05, 3.63) is 36.0 Å². The number of thiocarbonyl (C=S) groups is 1. The van der Waals surface area contributed by atoms with Crippen molar-refractivity contribution in [3.8, 4) is 5.75 Å². The molecule has 6 nitrogen and oxygen atoms in total. The van der Waals surface area contributed by atoms with Crippen LogP contribution in [0.1, 0.15) is 0 Å². The zero-order chi connectivity index (χ0) is 14.0. The molecule has 0 atom stereocenters. The van der Waals surface area contributed by atoms with Crippen molar-refractivity contribution in [2.45, 2.75) is 0 Å². The highest BCUT2D eigenvalue weighted by atomic mass is 32.1. The maximum absolute atomic E-state index is 11.6. The lowest BCUT2D eigenvalue weighted by molar-refractivity contribution is -0.123. The van der Waals surface area contributed by atoms with E-state index in [-0.39, 0.29) is 16.4 Å². The summed E-state index contributed by atoms with van der Waals surface area (Å²) in [6, 6.07) is 6.35.